The summed E-state index contributed by atoms with van der Waals surface area (Å²) in [4.78, 5) is 24.9. The number of nitrogens with one attached hydrogen (secondary N) is 2. The summed E-state index contributed by atoms with van der Waals surface area (Å²) in [5, 5.41) is 15.6. The van der Waals surface area contributed by atoms with Gasteiger partial charge in [0.05, 0.1) is 12.1 Å². The monoisotopic (exact) mass is 479 g/mol. The Hall–Kier alpha value is -4.94. The van der Waals surface area contributed by atoms with E-state index in [4.69, 9.17) is 10.9 Å². The lowest BCUT2D eigenvalue weighted by Crippen LogP contribution is -2.27. The van der Waals surface area contributed by atoms with Gasteiger partial charge in [-0.3, -0.25) is 9.47 Å². The lowest BCUT2D eigenvalue weighted by molar-refractivity contribution is -0.111. The van der Waals surface area contributed by atoms with Crippen molar-refractivity contribution in [3.8, 4) is 11.8 Å². The number of carbonyl (C=O) groups excluding carboxylic acids is 1. The number of fused-ring (bicyclic) bond motifs is 1. The summed E-state index contributed by atoms with van der Waals surface area (Å²) in [6.07, 6.45) is 5.69. The zero-order valence-corrected chi connectivity index (χ0v) is 19.5. The van der Waals surface area contributed by atoms with Crippen LogP contribution in [0.5, 0.6) is 0 Å². The van der Waals surface area contributed by atoms with Crippen molar-refractivity contribution in [2.75, 3.05) is 23.1 Å². The highest BCUT2D eigenvalue weighted by Crippen LogP contribution is 2.26. The molecule has 2 aromatic heterocycles. The molecule has 0 spiro atoms. The highest BCUT2D eigenvalue weighted by molar-refractivity contribution is 6.05. The molecule has 5 N–H and O–H groups in total. The quantitative estimate of drug-likeness (QED) is 0.238. The molecule has 0 saturated heterocycles. The van der Waals surface area contributed by atoms with E-state index in [9.17, 15) is 4.79 Å². The van der Waals surface area contributed by atoms with Crippen LogP contribution in [0.3, 0.4) is 0 Å². The summed E-state index contributed by atoms with van der Waals surface area (Å²) in [6, 6.07) is 17.3. The molecule has 0 unspecified atom stereocenters. The molecule has 0 atom stereocenters. The molecule has 0 aliphatic heterocycles. The molecule has 0 aliphatic rings. The van der Waals surface area contributed by atoms with Gasteiger partial charge in [-0.15, -0.1) is 0 Å². The van der Waals surface area contributed by atoms with Crippen LogP contribution in [0.15, 0.2) is 84.9 Å². The predicted octanol–water partition coefficient (Wildman–Crippen LogP) is 2.85. The second-order valence-electron chi connectivity index (χ2n) is 7.79. The van der Waals surface area contributed by atoms with Crippen molar-refractivity contribution in [1.82, 2.24) is 14.6 Å². The second kappa shape index (κ2) is 11.5. The van der Waals surface area contributed by atoms with Crippen molar-refractivity contribution in [2.24, 2.45) is 4.99 Å². The van der Waals surface area contributed by atoms with E-state index in [0.29, 0.717) is 17.0 Å². The van der Waals surface area contributed by atoms with Gasteiger partial charge >= 0.3 is 0 Å². The van der Waals surface area contributed by atoms with Crippen LogP contribution in [-0.4, -0.2) is 32.3 Å². The number of hydrogen-bond acceptors (Lipinski definition) is 7. The molecule has 0 aliphatic carbocycles. The third-order valence-electron chi connectivity index (χ3n) is 5.21. The van der Waals surface area contributed by atoms with Gasteiger partial charge in [0.1, 0.15) is 12.1 Å². The summed E-state index contributed by atoms with van der Waals surface area (Å²) < 4.78 is 1.45. The van der Waals surface area contributed by atoms with E-state index in [1.807, 2.05) is 36.4 Å². The zero-order valence-electron chi connectivity index (χ0n) is 19.5. The minimum Gasteiger partial charge on any atom is -0.395 e. The predicted molar refractivity (Wildman–Crippen MR) is 141 cm³/mol. The minimum atomic E-state index is -0.449. The molecule has 4 aromatic rings. The molecule has 0 bridgehead atoms. The van der Waals surface area contributed by atoms with Crippen LogP contribution in [0.2, 0.25) is 0 Å². The molecule has 9 nitrogen and oxygen atoms in total. The molecule has 9 heteroatoms. The number of benzene rings is 2. The van der Waals surface area contributed by atoms with Crippen LogP contribution in [0.4, 0.5) is 17.2 Å². The summed E-state index contributed by atoms with van der Waals surface area (Å²) in [5.74, 6) is 11.1. The first-order valence-electron chi connectivity index (χ1n) is 11.2. The lowest BCUT2D eigenvalue weighted by Gasteiger charge is -2.11. The minimum absolute atomic E-state index is 0.0863. The Morgan fingerprint density at radius 1 is 1.11 bits per heavy atom. The second-order valence-corrected chi connectivity index (χ2v) is 7.79. The third kappa shape index (κ3) is 6.14. The zero-order chi connectivity index (χ0) is 25.3. The molecule has 0 radical (unpaired) electrons. The average molecular weight is 480 g/mol. The number of anilines is 3. The standard InChI is InChI=1S/C27H25N7O2/c1-2-29-25-16-20(12-13-34(25)28)15-19-6-8-21(9-7-19)33-27-23-17-22(10-11-24(23)30-18-31-27)32-26(36)5-3-4-14-35/h2,6-13,16-18,35H,1,4,14-15,28H2,(H,32,36)(H,30,31,33)/b29-25-. The Morgan fingerprint density at radius 3 is 2.69 bits per heavy atom. The lowest BCUT2D eigenvalue weighted by atomic mass is 10.1. The van der Waals surface area contributed by atoms with Crippen LogP contribution in [0, 0.1) is 11.8 Å². The Morgan fingerprint density at radius 2 is 1.92 bits per heavy atom. The van der Waals surface area contributed by atoms with Gasteiger partial charge in [0.25, 0.3) is 5.91 Å². The molecule has 0 fully saturated rings. The maximum absolute atomic E-state index is 12.0. The highest BCUT2D eigenvalue weighted by Gasteiger charge is 2.07. The first-order valence-corrected chi connectivity index (χ1v) is 11.2. The number of aliphatic hydroxyl groups is 1. The molecular formula is C27H25N7O2. The maximum Gasteiger partial charge on any atom is 0.300 e. The van der Waals surface area contributed by atoms with Gasteiger partial charge in [-0.25, -0.2) is 15.0 Å². The van der Waals surface area contributed by atoms with Crippen LogP contribution in [0.1, 0.15) is 17.5 Å². The number of pyridine rings is 1. The summed E-state index contributed by atoms with van der Waals surface area (Å²) in [7, 11) is 0. The van der Waals surface area contributed by atoms with E-state index < -0.39 is 5.91 Å². The van der Waals surface area contributed by atoms with Gasteiger partial charge in [0, 0.05) is 35.6 Å². The van der Waals surface area contributed by atoms with Crippen molar-refractivity contribution in [3.05, 3.63) is 96.5 Å². The van der Waals surface area contributed by atoms with Crippen molar-refractivity contribution in [3.63, 3.8) is 0 Å². The van der Waals surface area contributed by atoms with Gasteiger partial charge in [0.15, 0.2) is 5.49 Å². The number of carbonyl (C=O) groups is 1. The first-order chi connectivity index (χ1) is 17.6. The summed E-state index contributed by atoms with van der Waals surface area (Å²) in [5.41, 5.74) is 5.00. The fourth-order valence-electron chi connectivity index (χ4n) is 3.52. The highest BCUT2D eigenvalue weighted by atomic mass is 16.2. The summed E-state index contributed by atoms with van der Waals surface area (Å²) >= 11 is 0. The third-order valence-corrected chi connectivity index (χ3v) is 5.21. The molecule has 4 rings (SSSR count). The van der Waals surface area contributed by atoms with Gasteiger partial charge in [-0.1, -0.05) is 24.6 Å². The SMILES string of the molecule is C=C/N=c1/cc(Cc2ccc(Nc3ncnc4ccc(NC(=O)C#CCCO)cc34)cc2)ccn1N. The van der Waals surface area contributed by atoms with E-state index >= 15 is 0 Å². The molecular weight excluding hydrogens is 454 g/mol. The van der Waals surface area contributed by atoms with Gasteiger partial charge in [-0.2, -0.15) is 0 Å². The van der Waals surface area contributed by atoms with Crippen LogP contribution >= 0.6 is 0 Å². The van der Waals surface area contributed by atoms with Crippen molar-refractivity contribution >= 4 is 34.0 Å². The van der Waals surface area contributed by atoms with E-state index in [0.717, 1.165) is 34.1 Å². The number of nitrogen functional groups attached to an aromatic ring is 1. The number of aromatic nitrogens is 3. The average Bonchev–Trinajstić information content (AvgIpc) is 2.88. The molecule has 1 amide bonds. The van der Waals surface area contributed by atoms with E-state index in [2.05, 4.69) is 44.0 Å². The van der Waals surface area contributed by atoms with Gasteiger partial charge in [0.2, 0.25) is 0 Å². The molecule has 36 heavy (non-hydrogen) atoms. The van der Waals surface area contributed by atoms with Crippen molar-refractivity contribution in [1.29, 1.82) is 0 Å². The Balaban J connectivity index is 1.51. The van der Waals surface area contributed by atoms with E-state index in [1.54, 1.807) is 24.4 Å². The van der Waals surface area contributed by atoms with E-state index in [1.165, 1.54) is 17.2 Å². The molecule has 2 heterocycles. The van der Waals surface area contributed by atoms with Gasteiger partial charge < -0.3 is 21.6 Å². The number of hydrogen-bond donors (Lipinski definition) is 4. The number of nitrogens with zero attached hydrogens (tertiary/aromatic N) is 4. The smallest absolute Gasteiger partial charge is 0.300 e. The maximum atomic E-state index is 12.0. The van der Waals surface area contributed by atoms with Gasteiger partial charge in [-0.05, 0) is 65.9 Å². The van der Waals surface area contributed by atoms with Crippen molar-refractivity contribution in [2.45, 2.75) is 12.8 Å². The topological polar surface area (TPSA) is 130 Å². The largest absolute Gasteiger partial charge is 0.395 e. The Labute approximate surface area is 208 Å². The fourth-order valence-corrected chi connectivity index (χ4v) is 3.52. The van der Waals surface area contributed by atoms with Crippen LogP contribution in [0.25, 0.3) is 10.9 Å². The van der Waals surface area contributed by atoms with Crippen LogP contribution < -0.4 is 22.0 Å². The number of amides is 1. The Bertz CT molecular complexity index is 1530. The number of rotatable bonds is 7. The van der Waals surface area contributed by atoms with Crippen LogP contribution in [-0.2, 0) is 11.2 Å². The Kier molecular flexibility index (Phi) is 7.70. The normalized spacial score (nSPS) is 11.0. The van der Waals surface area contributed by atoms with Crippen molar-refractivity contribution < 1.29 is 9.90 Å². The molecule has 180 valence electrons. The van der Waals surface area contributed by atoms with E-state index in [-0.39, 0.29) is 13.0 Å². The molecule has 2 aromatic carbocycles. The molecule has 0 saturated carbocycles. The number of aliphatic hydroxyl groups excluding tert-OH is 1. The summed E-state index contributed by atoms with van der Waals surface area (Å²) in [6.45, 7) is 3.54. The number of nitrogens with two attached hydrogens (primary N) is 1. The first kappa shape index (κ1) is 24.2. The fraction of sp³-hybridized carbons (Fsp3) is 0.111.